The summed E-state index contributed by atoms with van der Waals surface area (Å²) in [6.07, 6.45) is 5.80. The lowest BCUT2D eigenvalue weighted by molar-refractivity contribution is 0.333. The van der Waals surface area contributed by atoms with Crippen LogP contribution in [-0.4, -0.2) is 23.3 Å². The number of aryl methyl sites for hydroxylation is 2. The Morgan fingerprint density at radius 1 is 1.30 bits per heavy atom. The van der Waals surface area contributed by atoms with E-state index in [0.29, 0.717) is 6.61 Å². The van der Waals surface area contributed by atoms with Gasteiger partial charge in [-0.1, -0.05) is 30.4 Å². The summed E-state index contributed by atoms with van der Waals surface area (Å²) in [5.74, 6) is 1.75. The van der Waals surface area contributed by atoms with Crippen LogP contribution in [-0.2, 0) is 0 Å². The van der Waals surface area contributed by atoms with Crippen molar-refractivity contribution in [3.8, 4) is 16.3 Å². The molecule has 0 spiro atoms. The number of nitrogens with zero attached hydrogens (tertiary/aromatic N) is 2. The van der Waals surface area contributed by atoms with Crippen molar-refractivity contribution in [1.82, 2.24) is 10.2 Å². The first-order valence-corrected chi connectivity index (χ1v) is 8.91. The largest absolute Gasteiger partial charge is 0.489 e. The highest BCUT2D eigenvalue weighted by molar-refractivity contribution is 7.18. The Bertz CT molecular complexity index is 668. The third-order valence-corrected chi connectivity index (χ3v) is 5.17. The van der Waals surface area contributed by atoms with Gasteiger partial charge in [0.1, 0.15) is 17.4 Å². The second kappa shape index (κ2) is 7.13. The van der Waals surface area contributed by atoms with E-state index in [9.17, 15) is 0 Å². The number of ether oxygens (including phenoxy) is 1. The van der Waals surface area contributed by atoms with Crippen molar-refractivity contribution < 1.29 is 4.74 Å². The van der Waals surface area contributed by atoms with Crippen LogP contribution in [0, 0.1) is 19.8 Å². The molecule has 1 heterocycles. The van der Waals surface area contributed by atoms with Gasteiger partial charge in [0.2, 0.25) is 5.13 Å². The van der Waals surface area contributed by atoms with Crippen molar-refractivity contribution >= 4 is 16.5 Å². The van der Waals surface area contributed by atoms with Gasteiger partial charge in [0.15, 0.2) is 0 Å². The molecule has 1 aliphatic rings. The van der Waals surface area contributed by atoms with Gasteiger partial charge in [0.05, 0.1) is 0 Å². The van der Waals surface area contributed by atoms with Crippen LogP contribution in [0.2, 0.25) is 0 Å². The van der Waals surface area contributed by atoms with Gasteiger partial charge in [-0.3, -0.25) is 0 Å². The van der Waals surface area contributed by atoms with E-state index in [2.05, 4.69) is 48.1 Å². The molecule has 3 rings (SSSR count). The molecule has 0 aliphatic heterocycles. The molecule has 1 aromatic heterocycles. The first-order chi connectivity index (χ1) is 11.2. The van der Waals surface area contributed by atoms with Gasteiger partial charge in [-0.15, -0.1) is 10.2 Å². The van der Waals surface area contributed by atoms with Crippen LogP contribution < -0.4 is 10.1 Å². The first kappa shape index (κ1) is 16.0. The SMILES string of the molecule is C=CCOc1c(C)cc(-c2nnc(NCC3CCC3)s2)cc1C. The Balaban J connectivity index is 1.73. The quantitative estimate of drug-likeness (QED) is 0.754. The predicted octanol–water partition coefficient (Wildman–Crippen LogP) is 4.60. The maximum absolute atomic E-state index is 5.73. The number of benzene rings is 1. The smallest absolute Gasteiger partial charge is 0.206 e. The Kier molecular flexibility index (Phi) is 4.96. The summed E-state index contributed by atoms with van der Waals surface area (Å²) in [4.78, 5) is 0. The molecule has 0 unspecified atom stereocenters. The first-order valence-electron chi connectivity index (χ1n) is 8.10. The number of hydrogen-bond acceptors (Lipinski definition) is 5. The van der Waals surface area contributed by atoms with Crippen LogP contribution in [0.25, 0.3) is 10.6 Å². The molecule has 1 aliphatic carbocycles. The fraction of sp³-hybridized carbons (Fsp3) is 0.444. The Morgan fingerprint density at radius 2 is 2.04 bits per heavy atom. The Morgan fingerprint density at radius 3 is 2.65 bits per heavy atom. The molecule has 0 saturated heterocycles. The molecule has 23 heavy (non-hydrogen) atoms. The minimum absolute atomic E-state index is 0.523. The summed E-state index contributed by atoms with van der Waals surface area (Å²) in [6, 6.07) is 4.23. The maximum atomic E-state index is 5.73. The van der Waals surface area contributed by atoms with Gasteiger partial charge in [0, 0.05) is 12.1 Å². The highest BCUT2D eigenvalue weighted by Gasteiger charge is 2.18. The monoisotopic (exact) mass is 329 g/mol. The average Bonchev–Trinajstić information content (AvgIpc) is 2.93. The molecule has 0 amide bonds. The molecule has 0 atom stereocenters. The van der Waals surface area contributed by atoms with E-state index in [1.165, 1.54) is 19.3 Å². The van der Waals surface area contributed by atoms with Gasteiger partial charge in [-0.05, 0) is 55.9 Å². The molecular formula is C18H23N3OS. The Hall–Kier alpha value is -1.88. The molecule has 1 aromatic carbocycles. The topological polar surface area (TPSA) is 47.0 Å². The van der Waals surface area contributed by atoms with Gasteiger partial charge in [0.25, 0.3) is 0 Å². The summed E-state index contributed by atoms with van der Waals surface area (Å²) < 4.78 is 5.73. The van der Waals surface area contributed by atoms with Gasteiger partial charge in [-0.2, -0.15) is 0 Å². The minimum atomic E-state index is 0.523. The predicted molar refractivity (Wildman–Crippen MR) is 96.3 cm³/mol. The zero-order chi connectivity index (χ0) is 16.2. The number of hydrogen-bond donors (Lipinski definition) is 1. The Labute approximate surface area is 141 Å². The van der Waals surface area contributed by atoms with Crippen molar-refractivity contribution in [3.63, 3.8) is 0 Å². The highest BCUT2D eigenvalue weighted by atomic mass is 32.1. The molecule has 4 nitrogen and oxygen atoms in total. The molecule has 0 bridgehead atoms. The highest BCUT2D eigenvalue weighted by Crippen LogP contribution is 2.33. The molecule has 122 valence electrons. The van der Waals surface area contributed by atoms with E-state index in [4.69, 9.17) is 4.74 Å². The van der Waals surface area contributed by atoms with Crippen molar-refractivity contribution in [3.05, 3.63) is 35.9 Å². The van der Waals surface area contributed by atoms with Crippen LogP contribution in [0.1, 0.15) is 30.4 Å². The minimum Gasteiger partial charge on any atom is -0.489 e. The van der Waals surface area contributed by atoms with Crippen LogP contribution in [0.15, 0.2) is 24.8 Å². The molecule has 2 aromatic rings. The van der Waals surface area contributed by atoms with E-state index in [1.807, 2.05) is 0 Å². The zero-order valence-electron chi connectivity index (χ0n) is 13.8. The standard InChI is InChI=1S/C18H23N3OS/c1-4-8-22-16-12(2)9-15(10-13(16)3)17-20-21-18(23-17)19-11-14-6-5-7-14/h4,9-10,14H,1,5-8,11H2,2-3H3,(H,19,21). The number of rotatable bonds is 7. The molecular weight excluding hydrogens is 306 g/mol. The van der Waals surface area contributed by atoms with Crippen molar-refractivity contribution in [2.45, 2.75) is 33.1 Å². The van der Waals surface area contributed by atoms with Gasteiger partial charge in [-0.25, -0.2) is 0 Å². The van der Waals surface area contributed by atoms with E-state index >= 15 is 0 Å². The third kappa shape index (κ3) is 3.72. The van der Waals surface area contributed by atoms with Crippen LogP contribution in [0.5, 0.6) is 5.75 Å². The number of anilines is 1. The van der Waals surface area contributed by atoms with Crippen molar-refractivity contribution in [2.24, 2.45) is 5.92 Å². The van der Waals surface area contributed by atoms with Crippen molar-refractivity contribution in [2.75, 3.05) is 18.5 Å². The van der Waals surface area contributed by atoms with Gasteiger partial charge >= 0.3 is 0 Å². The fourth-order valence-electron chi connectivity index (χ4n) is 2.78. The van der Waals surface area contributed by atoms with Crippen LogP contribution in [0.3, 0.4) is 0 Å². The molecule has 5 heteroatoms. The summed E-state index contributed by atoms with van der Waals surface area (Å²) in [6.45, 7) is 9.35. The van der Waals surface area contributed by atoms with Gasteiger partial charge < -0.3 is 10.1 Å². The van der Waals surface area contributed by atoms with Crippen LogP contribution in [0.4, 0.5) is 5.13 Å². The zero-order valence-corrected chi connectivity index (χ0v) is 14.6. The molecule has 1 fully saturated rings. The lowest BCUT2D eigenvalue weighted by atomic mass is 9.86. The van der Waals surface area contributed by atoms with E-state index in [1.54, 1.807) is 17.4 Å². The average molecular weight is 329 g/mol. The number of nitrogens with one attached hydrogen (secondary N) is 1. The summed E-state index contributed by atoms with van der Waals surface area (Å²) in [7, 11) is 0. The summed E-state index contributed by atoms with van der Waals surface area (Å²) >= 11 is 1.61. The summed E-state index contributed by atoms with van der Waals surface area (Å²) in [5, 5.41) is 13.9. The molecule has 0 radical (unpaired) electrons. The summed E-state index contributed by atoms with van der Waals surface area (Å²) in [5.41, 5.74) is 3.32. The van der Waals surface area contributed by atoms with E-state index in [0.717, 1.165) is 45.0 Å². The lowest BCUT2D eigenvalue weighted by Crippen LogP contribution is -2.20. The number of aromatic nitrogens is 2. The maximum Gasteiger partial charge on any atom is 0.206 e. The van der Waals surface area contributed by atoms with Crippen LogP contribution >= 0.6 is 11.3 Å². The third-order valence-electron chi connectivity index (χ3n) is 4.24. The van der Waals surface area contributed by atoms with Crippen molar-refractivity contribution in [1.29, 1.82) is 0 Å². The van der Waals surface area contributed by atoms with E-state index < -0.39 is 0 Å². The fourth-order valence-corrected chi connectivity index (χ4v) is 3.52. The normalized spacial score (nSPS) is 14.3. The lowest BCUT2D eigenvalue weighted by Gasteiger charge is -2.24. The second-order valence-corrected chi connectivity index (χ2v) is 7.11. The molecule has 1 saturated carbocycles. The molecule has 1 N–H and O–H groups in total. The second-order valence-electron chi connectivity index (χ2n) is 6.13. The van der Waals surface area contributed by atoms with E-state index in [-0.39, 0.29) is 0 Å².